The van der Waals surface area contributed by atoms with Gasteiger partial charge >= 0.3 is 0 Å². The van der Waals surface area contributed by atoms with Gasteiger partial charge in [0.05, 0.1) is 25.2 Å². The number of amides is 1. The smallest absolute Gasteiger partial charge is 0.261 e. The third kappa shape index (κ3) is 5.59. The van der Waals surface area contributed by atoms with Crippen LogP contribution in [0.2, 0.25) is 0 Å². The molecular weight excluding hydrogens is 430 g/mol. The quantitative estimate of drug-likeness (QED) is 0.708. The molecule has 2 aromatic rings. The van der Waals surface area contributed by atoms with Crippen LogP contribution >= 0.6 is 0 Å². The number of anilines is 1. The Morgan fingerprint density at radius 3 is 2.44 bits per heavy atom. The first-order valence-electron chi connectivity index (χ1n) is 10.8. The number of carbonyl (C=O) groups is 1. The first-order valence-corrected chi connectivity index (χ1v) is 12.6. The van der Waals surface area contributed by atoms with E-state index in [-0.39, 0.29) is 18.9 Å². The molecule has 0 aliphatic carbocycles. The summed E-state index contributed by atoms with van der Waals surface area (Å²) in [5.41, 5.74) is 2.68. The molecular formula is C23H29N3O5S. The molecule has 1 fully saturated rings. The molecule has 1 unspecified atom stereocenters. The Morgan fingerprint density at radius 2 is 1.72 bits per heavy atom. The molecule has 1 saturated heterocycles. The van der Waals surface area contributed by atoms with Gasteiger partial charge in [0.25, 0.3) is 5.91 Å². The minimum Gasteiger partial charge on any atom is -0.478 e. The zero-order chi connectivity index (χ0) is 22.6. The average Bonchev–Trinajstić information content (AvgIpc) is 2.99. The van der Waals surface area contributed by atoms with Gasteiger partial charge in [0.15, 0.2) is 6.10 Å². The molecule has 2 aliphatic rings. The molecule has 0 saturated carbocycles. The molecule has 0 bridgehead atoms. The van der Waals surface area contributed by atoms with Crippen LogP contribution in [0.15, 0.2) is 48.5 Å². The summed E-state index contributed by atoms with van der Waals surface area (Å²) in [5.74, 6) is 0.135. The summed E-state index contributed by atoms with van der Waals surface area (Å²) < 4.78 is 37.0. The fourth-order valence-corrected chi connectivity index (χ4v) is 4.89. The van der Waals surface area contributed by atoms with Crippen LogP contribution in [0.1, 0.15) is 17.5 Å². The van der Waals surface area contributed by atoms with Crippen LogP contribution in [0, 0.1) is 0 Å². The Morgan fingerprint density at radius 1 is 1.03 bits per heavy atom. The minimum atomic E-state index is -3.47. The third-order valence-corrected chi connectivity index (χ3v) is 6.87. The lowest BCUT2D eigenvalue weighted by Crippen LogP contribution is -2.39. The third-order valence-electron chi connectivity index (χ3n) is 5.69. The maximum atomic E-state index is 12.8. The van der Waals surface area contributed by atoms with E-state index < -0.39 is 16.1 Å². The summed E-state index contributed by atoms with van der Waals surface area (Å²) in [7, 11) is -3.47. The molecule has 9 heteroatoms. The van der Waals surface area contributed by atoms with Gasteiger partial charge in [-0.05, 0) is 23.3 Å². The van der Waals surface area contributed by atoms with E-state index in [2.05, 4.69) is 22.3 Å². The lowest BCUT2D eigenvalue weighted by atomic mass is 10.1. The number of ether oxygens (including phenoxy) is 2. The van der Waals surface area contributed by atoms with Crippen LogP contribution in [-0.4, -0.2) is 64.4 Å². The van der Waals surface area contributed by atoms with E-state index in [1.165, 1.54) is 9.87 Å². The van der Waals surface area contributed by atoms with E-state index in [1.54, 1.807) is 24.3 Å². The van der Waals surface area contributed by atoms with Gasteiger partial charge in [-0.3, -0.25) is 14.0 Å². The summed E-state index contributed by atoms with van der Waals surface area (Å²) in [5, 5.41) is 2.92. The normalized spacial score (nSPS) is 19.5. The average molecular weight is 460 g/mol. The Bertz CT molecular complexity index is 1040. The largest absolute Gasteiger partial charge is 0.478 e. The number of sulfonamides is 1. The van der Waals surface area contributed by atoms with Gasteiger partial charge in [0.1, 0.15) is 5.75 Å². The van der Waals surface area contributed by atoms with Gasteiger partial charge < -0.3 is 14.8 Å². The minimum absolute atomic E-state index is 0.185. The van der Waals surface area contributed by atoms with Gasteiger partial charge in [-0.1, -0.05) is 36.4 Å². The fraction of sp³-hybridized carbons (Fsp3) is 0.435. The molecule has 2 aromatic carbocycles. The van der Waals surface area contributed by atoms with E-state index in [1.807, 2.05) is 12.1 Å². The number of rotatable bonds is 6. The second-order valence-electron chi connectivity index (χ2n) is 8.12. The number of morpholine rings is 1. The van der Waals surface area contributed by atoms with Gasteiger partial charge in [0.2, 0.25) is 10.0 Å². The van der Waals surface area contributed by atoms with Crippen LogP contribution in [0.5, 0.6) is 5.75 Å². The van der Waals surface area contributed by atoms with Gasteiger partial charge in [-0.2, -0.15) is 0 Å². The maximum absolute atomic E-state index is 12.8. The number of hydrogen-bond acceptors (Lipinski definition) is 6. The molecule has 0 radical (unpaired) electrons. The van der Waals surface area contributed by atoms with Crippen molar-refractivity contribution in [3.05, 3.63) is 59.7 Å². The predicted octanol–water partition coefficient (Wildman–Crippen LogP) is 1.75. The van der Waals surface area contributed by atoms with E-state index in [0.717, 1.165) is 44.7 Å². The van der Waals surface area contributed by atoms with Crippen molar-refractivity contribution in [2.75, 3.05) is 43.4 Å². The van der Waals surface area contributed by atoms with Crippen molar-refractivity contribution >= 4 is 21.6 Å². The van der Waals surface area contributed by atoms with Crippen LogP contribution in [0.3, 0.4) is 0 Å². The van der Waals surface area contributed by atoms with E-state index in [0.29, 0.717) is 18.0 Å². The molecule has 1 amide bonds. The van der Waals surface area contributed by atoms with Crippen molar-refractivity contribution in [1.29, 1.82) is 0 Å². The topological polar surface area (TPSA) is 88.2 Å². The number of fused-ring (bicyclic) bond motifs is 1. The van der Waals surface area contributed by atoms with Gasteiger partial charge in [0, 0.05) is 39.1 Å². The van der Waals surface area contributed by atoms with Crippen molar-refractivity contribution in [3.63, 3.8) is 0 Å². The zero-order valence-electron chi connectivity index (χ0n) is 18.2. The Kier molecular flexibility index (Phi) is 6.98. The summed E-state index contributed by atoms with van der Waals surface area (Å²) >= 11 is 0. The van der Waals surface area contributed by atoms with Crippen molar-refractivity contribution in [3.8, 4) is 5.75 Å². The summed E-state index contributed by atoms with van der Waals surface area (Å²) in [6, 6.07) is 15.1. The van der Waals surface area contributed by atoms with E-state index in [9.17, 15) is 13.2 Å². The molecule has 2 heterocycles. The fourth-order valence-electron chi connectivity index (χ4n) is 3.94. The molecule has 0 aromatic heterocycles. The summed E-state index contributed by atoms with van der Waals surface area (Å²) in [4.78, 5) is 15.2. The number of carbonyl (C=O) groups excluding carboxylic acids is 1. The van der Waals surface area contributed by atoms with E-state index in [4.69, 9.17) is 9.47 Å². The van der Waals surface area contributed by atoms with Crippen LogP contribution < -0.4 is 14.4 Å². The molecule has 32 heavy (non-hydrogen) atoms. The second kappa shape index (κ2) is 9.89. The molecule has 1 N–H and O–H groups in total. The lowest BCUT2D eigenvalue weighted by molar-refractivity contribution is -0.128. The Hall–Kier alpha value is -2.62. The predicted molar refractivity (Wildman–Crippen MR) is 122 cm³/mol. The van der Waals surface area contributed by atoms with E-state index >= 15 is 0 Å². The van der Waals surface area contributed by atoms with Crippen molar-refractivity contribution in [1.82, 2.24) is 10.2 Å². The number of para-hydroxylation sites is 2. The summed E-state index contributed by atoms with van der Waals surface area (Å²) in [6.07, 6.45) is 0.669. The van der Waals surface area contributed by atoms with Crippen LogP contribution in [0.4, 0.5) is 5.69 Å². The van der Waals surface area contributed by atoms with Crippen LogP contribution in [-0.2, 0) is 32.6 Å². The highest BCUT2D eigenvalue weighted by Gasteiger charge is 2.30. The standard InChI is InChI=1S/C23H29N3O5S/c1-32(28,29)26-11-10-22(31-21-5-3-2-4-20(21)26)23(27)24-16-18-6-8-19(9-7-18)17-25-12-14-30-15-13-25/h2-9,22H,10-17H2,1H3,(H,24,27). The highest BCUT2D eigenvalue weighted by Crippen LogP contribution is 2.33. The van der Waals surface area contributed by atoms with Crippen LogP contribution in [0.25, 0.3) is 0 Å². The Balaban J connectivity index is 1.35. The molecule has 0 spiro atoms. The number of nitrogens with zero attached hydrogens (tertiary/aromatic N) is 2. The maximum Gasteiger partial charge on any atom is 0.261 e. The molecule has 172 valence electrons. The number of nitrogens with one attached hydrogen (secondary N) is 1. The zero-order valence-corrected chi connectivity index (χ0v) is 19.0. The first-order chi connectivity index (χ1) is 15.4. The lowest BCUT2D eigenvalue weighted by Gasteiger charge is -2.26. The summed E-state index contributed by atoms with van der Waals surface area (Å²) in [6.45, 7) is 4.90. The molecule has 8 nitrogen and oxygen atoms in total. The highest BCUT2D eigenvalue weighted by molar-refractivity contribution is 7.92. The van der Waals surface area contributed by atoms with Gasteiger partial charge in [-0.15, -0.1) is 0 Å². The van der Waals surface area contributed by atoms with Crippen molar-refractivity contribution < 1.29 is 22.7 Å². The van der Waals surface area contributed by atoms with Crippen molar-refractivity contribution in [2.24, 2.45) is 0 Å². The number of hydrogen-bond donors (Lipinski definition) is 1. The van der Waals surface area contributed by atoms with Crippen molar-refractivity contribution in [2.45, 2.75) is 25.6 Å². The highest BCUT2D eigenvalue weighted by atomic mass is 32.2. The number of benzene rings is 2. The molecule has 1 atom stereocenters. The molecule has 4 rings (SSSR count). The van der Waals surface area contributed by atoms with Gasteiger partial charge in [-0.25, -0.2) is 8.42 Å². The SMILES string of the molecule is CS(=O)(=O)N1CCC(C(=O)NCc2ccc(CN3CCOCC3)cc2)Oc2ccccc21. The monoisotopic (exact) mass is 459 g/mol. The molecule has 2 aliphatic heterocycles. The second-order valence-corrected chi connectivity index (χ2v) is 10.0. The first kappa shape index (κ1) is 22.6. The Labute approximate surface area is 189 Å².